The lowest BCUT2D eigenvalue weighted by Gasteiger charge is -2.22. The van der Waals surface area contributed by atoms with Crippen molar-refractivity contribution < 1.29 is 14.3 Å². The summed E-state index contributed by atoms with van der Waals surface area (Å²) in [5, 5.41) is 3.31. The first-order chi connectivity index (χ1) is 9.78. The van der Waals surface area contributed by atoms with Gasteiger partial charge < -0.3 is 14.8 Å². The van der Waals surface area contributed by atoms with Gasteiger partial charge >= 0.3 is 5.97 Å². The number of carbonyl (C=O) groups excluding carboxylic acids is 1. The van der Waals surface area contributed by atoms with E-state index in [1.807, 2.05) is 0 Å². The molecule has 0 spiro atoms. The third-order valence-corrected chi connectivity index (χ3v) is 3.02. The molecule has 0 radical (unpaired) electrons. The summed E-state index contributed by atoms with van der Waals surface area (Å²) in [5.74, 6) is 5.26. The SMILES string of the molecule is COC(=O)C#Cc1cncc(OCC2CCNCC2)n1. The minimum atomic E-state index is -0.604. The van der Waals surface area contributed by atoms with E-state index < -0.39 is 5.97 Å². The molecule has 0 bridgehead atoms. The molecule has 1 saturated heterocycles. The zero-order valence-corrected chi connectivity index (χ0v) is 11.4. The summed E-state index contributed by atoms with van der Waals surface area (Å²) in [6.45, 7) is 2.69. The van der Waals surface area contributed by atoms with Crippen LogP contribution in [0.15, 0.2) is 12.4 Å². The Morgan fingerprint density at radius 1 is 1.45 bits per heavy atom. The van der Waals surface area contributed by atoms with Gasteiger partial charge in [0.05, 0.1) is 26.1 Å². The summed E-state index contributed by atoms with van der Waals surface area (Å²) in [6.07, 6.45) is 5.24. The molecule has 0 aromatic carbocycles. The van der Waals surface area contributed by atoms with E-state index >= 15 is 0 Å². The molecule has 0 amide bonds. The average Bonchev–Trinajstić information content (AvgIpc) is 2.52. The predicted molar refractivity (Wildman–Crippen MR) is 72.0 cm³/mol. The van der Waals surface area contributed by atoms with Crippen LogP contribution >= 0.6 is 0 Å². The average molecular weight is 275 g/mol. The van der Waals surface area contributed by atoms with Crippen LogP contribution in [0.4, 0.5) is 0 Å². The molecular weight excluding hydrogens is 258 g/mol. The minimum absolute atomic E-state index is 0.387. The number of rotatable bonds is 3. The van der Waals surface area contributed by atoms with Crippen molar-refractivity contribution in [2.75, 3.05) is 26.8 Å². The molecule has 1 aromatic heterocycles. The van der Waals surface area contributed by atoms with Crippen molar-refractivity contribution >= 4 is 5.97 Å². The Morgan fingerprint density at radius 3 is 3.00 bits per heavy atom. The van der Waals surface area contributed by atoms with Gasteiger partial charge in [-0.2, -0.15) is 0 Å². The van der Waals surface area contributed by atoms with Crippen molar-refractivity contribution in [3.63, 3.8) is 0 Å². The molecule has 2 rings (SSSR count). The highest BCUT2D eigenvalue weighted by molar-refractivity contribution is 5.88. The number of hydrogen-bond acceptors (Lipinski definition) is 6. The highest BCUT2D eigenvalue weighted by atomic mass is 16.5. The second-order valence-electron chi connectivity index (χ2n) is 4.49. The van der Waals surface area contributed by atoms with Gasteiger partial charge in [-0.25, -0.2) is 9.78 Å². The Balaban J connectivity index is 1.91. The van der Waals surface area contributed by atoms with Crippen molar-refractivity contribution in [1.82, 2.24) is 15.3 Å². The summed E-state index contributed by atoms with van der Waals surface area (Å²) < 4.78 is 10.1. The van der Waals surface area contributed by atoms with Crippen LogP contribution in [0.2, 0.25) is 0 Å². The maximum absolute atomic E-state index is 10.9. The standard InChI is InChI=1S/C14H17N3O3/c1-19-14(18)3-2-12-8-16-9-13(17-12)20-10-11-4-6-15-7-5-11/h8-9,11,15H,4-7,10H2,1H3. The molecule has 0 aliphatic carbocycles. The summed E-state index contributed by atoms with van der Waals surface area (Å²) in [5.41, 5.74) is 0.387. The lowest BCUT2D eigenvalue weighted by molar-refractivity contribution is -0.133. The third-order valence-electron chi connectivity index (χ3n) is 3.02. The van der Waals surface area contributed by atoms with E-state index in [0.717, 1.165) is 25.9 Å². The molecule has 6 nitrogen and oxygen atoms in total. The van der Waals surface area contributed by atoms with Crippen molar-refractivity contribution in [3.05, 3.63) is 18.1 Å². The first-order valence-electron chi connectivity index (χ1n) is 6.53. The second-order valence-corrected chi connectivity index (χ2v) is 4.49. The van der Waals surface area contributed by atoms with Gasteiger partial charge in [0.2, 0.25) is 5.88 Å². The molecule has 1 aliphatic rings. The maximum atomic E-state index is 10.9. The van der Waals surface area contributed by atoms with Gasteiger partial charge in [0.25, 0.3) is 0 Å². The number of esters is 1. The van der Waals surface area contributed by atoms with Crippen LogP contribution in [0.5, 0.6) is 5.88 Å². The van der Waals surface area contributed by atoms with E-state index in [-0.39, 0.29) is 0 Å². The van der Waals surface area contributed by atoms with E-state index in [2.05, 4.69) is 31.9 Å². The van der Waals surface area contributed by atoms with Gasteiger partial charge in [-0.05, 0) is 37.8 Å². The first kappa shape index (κ1) is 14.3. The number of piperidine rings is 1. The Morgan fingerprint density at radius 2 is 2.25 bits per heavy atom. The number of hydrogen-bond donors (Lipinski definition) is 1. The fourth-order valence-corrected chi connectivity index (χ4v) is 1.90. The summed E-state index contributed by atoms with van der Waals surface area (Å²) >= 11 is 0. The molecule has 6 heteroatoms. The lowest BCUT2D eigenvalue weighted by atomic mass is 9.99. The number of nitrogens with one attached hydrogen (secondary N) is 1. The van der Waals surface area contributed by atoms with E-state index in [1.165, 1.54) is 13.3 Å². The van der Waals surface area contributed by atoms with E-state index in [1.54, 1.807) is 6.20 Å². The minimum Gasteiger partial charge on any atom is -0.476 e. The van der Waals surface area contributed by atoms with Crippen molar-refractivity contribution in [1.29, 1.82) is 0 Å². The smallest absolute Gasteiger partial charge is 0.384 e. The number of aromatic nitrogens is 2. The van der Waals surface area contributed by atoms with Crippen LogP contribution in [-0.2, 0) is 9.53 Å². The fraction of sp³-hybridized carbons (Fsp3) is 0.500. The highest BCUT2D eigenvalue weighted by Gasteiger charge is 2.13. The molecule has 2 heterocycles. The lowest BCUT2D eigenvalue weighted by Crippen LogP contribution is -2.30. The maximum Gasteiger partial charge on any atom is 0.384 e. The molecule has 1 aromatic rings. The largest absolute Gasteiger partial charge is 0.476 e. The van der Waals surface area contributed by atoms with E-state index in [9.17, 15) is 4.79 Å². The normalized spacial score (nSPS) is 15.1. The van der Waals surface area contributed by atoms with Gasteiger partial charge in [0.1, 0.15) is 5.69 Å². The van der Waals surface area contributed by atoms with Crippen LogP contribution < -0.4 is 10.1 Å². The molecule has 1 aliphatic heterocycles. The van der Waals surface area contributed by atoms with Crippen LogP contribution in [0.1, 0.15) is 18.5 Å². The quantitative estimate of drug-likeness (QED) is 0.635. The summed E-state index contributed by atoms with van der Waals surface area (Å²) in [6, 6.07) is 0. The molecule has 20 heavy (non-hydrogen) atoms. The van der Waals surface area contributed by atoms with E-state index in [4.69, 9.17) is 4.74 Å². The van der Waals surface area contributed by atoms with Crippen molar-refractivity contribution in [2.45, 2.75) is 12.8 Å². The second kappa shape index (κ2) is 7.46. The number of carbonyl (C=O) groups is 1. The van der Waals surface area contributed by atoms with Crippen molar-refractivity contribution in [2.24, 2.45) is 5.92 Å². The molecule has 0 atom stereocenters. The molecule has 1 fully saturated rings. The van der Waals surface area contributed by atoms with Crippen molar-refractivity contribution in [3.8, 4) is 17.7 Å². The number of methoxy groups -OCH3 is 1. The Hall–Kier alpha value is -2.13. The van der Waals surface area contributed by atoms with Crippen LogP contribution in [0.3, 0.4) is 0 Å². The molecule has 0 saturated carbocycles. The zero-order chi connectivity index (χ0) is 14.2. The molecular formula is C14H17N3O3. The summed E-state index contributed by atoms with van der Waals surface area (Å²) in [7, 11) is 1.28. The number of ether oxygens (including phenoxy) is 2. The van der Waals surface area contributed by atoms with E-state index in [0.29, 0.717) is 24.1 Å². The van der Waals surface area contributed by atoms with Gasteiger partial charge in [0.15, 0.2) is 0 Å². The van der Waals surface area contributed by atoms with Gasteiger partial charge in [0, 0.05) is 5.92 Å². The van der Waals surface area contributed by atoms with Gasteiger partial charge in [-0.3, -0.25) is 4.98 Å². The first-order valence-corrected chi connectivity index (χ1v) is 6.53. The van der Waals surface area contributed by atoms with Gasteiger partial charge in [-0.15, -0.1) is 0 Å². The zero-order valence-electron chi connectivity index (χ0n) is 11.4. The fourth-order valence-electron chi connectivity index (χ4n) is 1.90. The topological polar surface area (TPSA) is 73.3 Å². The molecule has 106 valence electrons. The molecule has 0 unspecified atom stereocenters. The Bertz CT molecular complexity index is 516. The van der Waals surface area contributed by atoms with Crippen LogP contribution in [0, 0.1) is 17.8 Å². The monoisotopic (exact) mass is 275 g/mol. The van der Waals surface area contributed by atoms with Crippen LogP contribution in [-0.4, -0.2) is 42.7 Å². The number of nitrogens with zero attached hydrogens (tertiary/aromatic N) is 2. The Kier molecular flexibility index (Phi) is 5.33. The predicted octanol–water partition coefficient (Wildman–Crippen LogP) is 0.379. The van der Waals surface area contributed by atoms with Gasteiger partial charge in [-0.1, -0.05) is 0 Å². The molecule has 1 N–H and O–H groups in total. The highest BCUT2D eigenvalue weighted by Crippen LogP contribution is 2.13. The Labute approximate surface area is 117 Å². The summed E-state index contributed by atoms with van der Waals surface area (Å²) in [4.78, 5) is 19.1. The third kappa shape index (κ3) is 4.52. The van der Waals surface area contributed by atoms with Crippen LogP contribution in [0.25, 0.3) is 0 Å².